The maximum absolute atomic E-state index is 12.4. The lowest BCUT2D eigenvalue weighted by molar-refractivity contribution is -0.137. The molecule has 0 spiro atoms. The summed E-state index contributed by atoms with van der Waals surface area (Å²) in [4.78, 5) is 25.3. The van der Waals surface area contributed by atoms with Crippen LogP contribution in [0.1, 0.15) is 29.3 Å². The summed E-state index contributed by atoms with van der Waals surface area (Å²) in [6, 6.07) is 12.0. The topological polar surface area (TPSA) is 68.3 Å². The van der Waals surface area contributed by atoms with Gasteiger partial charge in [0, 0.05) is 25.0 Å². The highest BCUT2D eigenvalue weighted by molar-refractivity contribution is 5.96. The predicted molar refractivity (Wildman–Crippen MR) is 83.0 cm³/mol. The summed E-state index contributed by atoms with van der Waals surface area (Å²) < 4.78 is 2.15. The molecular formula is C17H19N3O2. The van der Waals surface area contributed by atoms with Crippen LogP contribution >= 0.6 is 0 Å². The summed E-state index contributed by atoms with van der Waals surface area (Å²) in [5.74, 6) is -0.805. The standard InChI is InChI=1S/C17H19N3O2/c1-12-4-2-5-13(10-12)17-14-6-3-7-19(14)8-9-20(17)16(22)11-15(18)21/h2-7,10,17H,8-9,11H2,1H3,(H2,18,21)/t17-/m0/s1. The van der Waals surface area contributed by atoms with Crippen molar-refractivity contribution in [2.75, 3.05) is 6.54 Å². The lowest BCUT2D eigenvalue weighted by atomic mass is 9.98. The molecule has 1 aromatic carbocycles. The molecule has 2 N–H and O–H groups in total. The number of nitrogens with zero attached hydrogens (tertiary/aromatic N) is 2. The molecule has 1 atom stereocenters. The summed E-state index contributed by atoms with van der Waals surface area (Å²) in [6.07, 6.45) is 1.77. The Bertz CT molecular complexity index is 720. The number of fused-ring (bicyclic) bond motifs is 1. The Morgan fingerprint density at radius 1 is 1.23 bits per heavy atom. The molecule has 0 aliphatic carbocycles. The highest BCUT2D eigenvalue weighted by atomic mass is 16.2. The smallest absolute Gasteiger partial charge is 0.232 e. The zero-order valence-electron chi connectivity index (χ0n) is 12.5. The molecule has 0 saturated carbocycles. The van der Waals surface area contributed by atoms with E-state index in [2.05, 4.69) is 10.6 Å². The van der Waals surface area contributed by atoms with Crippen molar-refractivity contribution in [1.29, 1.82) is 0 Å². The molecule has 2 aromatic rings. The lowest BCUT2D eigenvalue weighted by Gasteiger charge is -2.37. The molecule has 0 fully saturated rings. The van der Waals surface area contributed by atoms with Crippen LogP contribution in [0.4, 0.5) is 0 Å². The third-order valence-electron chi connectivity index (χ3n) is 4.04. The minimum atomic E-state index is -0.589. The molecule has 1 aromatic heterocycles. The van der Waals surface area contributed by atoms with E-state index >= 15 is 0 Å². The van der Waals surface area contributed by atoms with Crippen molar-refractivity contribution in [3.05, 3.63) is 59.4 Å². The molecule has 2 amide bonds. The fourth-order valence-electron chi connectivity index (χ4n) is 3.09. The number of carbonyl (C=O) groups is 2. The van der Waals surface area contributed by atoms with E-state index in [0.717, 1.165) is 23.4 Å². The number of primary amides is 1. The maximum Gasteiger partial charge on any atom is 0.232 e. The molecule has 3 rings (SSSR count). The third kappa shape index (κ3) is 2.62. The van der Waals surface area contributed by atoms with E-state index in [0.29, 0.717) is 6.54 Å². The number of hydrogen-bond donors (Lipinski definition) is 1. The maximum atomic E-state index is 12.4. The lowest BCUT2D eigenvalue weighted by Crippen LogP contribution is -2.43. The Morgan fingerprint density at radius 2 is 2.05 bits per heavy atom. The molecule has 0 unspecified atom stereocenters. The van der Waals surface area contributed by atoms with Gasteiger partial charge < -0.3 is 15.2 Å². The number of aromatic nitrogens is 1. The highest BCUT2D eigenvalue weighted by Gasteiger charge is 2.32. The van der Waals surface area contributed by atoms with Crippen molar-refractivity contribution in [2.45, 2.75) is 25.9 Å². The number of carbonyl (C=O) groups excluding carboxylic acids is 2. The highest BCUT2D eigenvalue weighted by Crippen LogP contribution is 2.33. The van der Waals surface area contributed by atoms with Crippen LogP contribution < -0.4 is 5.73 Å². The van der Waals surface area contributed by atoms with E-state index in [1.165, 1.54) is 0 Å². The second-order valence-corrected chi connectivity index (χ2v) is 5.67. The molecule has 114 valence electrons. The van der Waals surface area contributed by atoms with Gasteiger partial charge in [0.2, 0.25) is 11.8 Å². The Balaban J connectivity index is 2.03. The van der Waals surface area contributed by atoms with Crippen molar-refractivity contribution >= 4 is 11.8 Å². The van der Waals surface area contributed by atoms with Gasteiger partial charge in [0.1, 0.15) is 6.42 Å². The van der Waals surface area contributed by atoms with Crippen LogP contribution in [-0.4, -0.2) is 27.8 Å². The van der Waals surface area contributed by atoms with Crippen LogP contribution in [0.5, 0.6) is 0 Å². The van der Waals surface area contributed by atoms with E-state index in [1.54, 1.807) is 4.90 Å². The molecule has 2 heterocycles. The van der Waals surface area contributed by atoms with Gasteiger partial charge in [-0.25, -0.2) is 0 Å². The van der Waals surface area contributed by atoms with Crippen molar-refractivity contribution in [3.8, 4) is 0 Å². The number of aryl methyl sites for hydroxylation is 1. The van der Waals surface area contributed by atoms with Crippen LogP contribution in [0.25, 0.3) is 0 Å². The van der Waals surface area contributed by atoms with Gasteiger partial charge in [-0.15, -0.1) is 0 Å². The number of nitrogens with two attached hydrogens (primary N) is 1. The normalized spacial score (nSPS) is 17.1. The van der Waals surface area contributed by atoms with Crippen LogP contribution in [0.2, 0.25) is 0 Å². The van der Waals surface area contributed by atoms with Gasteiger partial charge in [0.15, 0.2) is 0 Å². The van der Waals surface area contributed by atoms with Crippen molar-refractivity contribution in [1.82, 2.24) is 9.47 Å². The first kappa shape index (κ1) is 14.4. The first-order valence-corrected chi connectivity index (χ1v) is 7.35. The van der Waals surface area contributed by atoms with Crippen LogP contribution in [0.15, 0.2) is 42.6 Å². The quantitative estimate of drug-likeness (QED) is 0.874. The first-order chi connectivity index (χ1) is 10.6. The minimum absolute atomic E-state index is 0.171. The summed E-state index contributed by atoms with van der Waals surface area (Å²) in [5.41, 5.74) is 8.45. The number of benzene rings is 1. The van der Waals surface area contributed by atoms with Gasteiger partial charge in [-0.1, -0.05) is 29.8 Å². The first-order valence-electron chi connectivity index (χ1n) is 7.35. The monoisotopic (exact) mass is 297 g/mol. The molecule has 0 bridgehead atoms. The predicted octanol–water partition coefficient (Wildman–Crippen LogP) is 1.60. The average molecular weight is 297 g/mol. The summed E-state index contributed by atoms with van der Waals surface area (Å²) in [7, 11) is 0. The van der Waals surface area contributed by atoms with Crippen LogP contribution in [0.3, 0.4) is 0 Å². The SMILES string of the molecule is Cc1cccc([C@H]2c3cccn3CCN2C(=O)CC(N)=O)c1. The Kier molecular flexibility index (Phi) is 3.71. The molecule has 5 nitrogen and oxygen atoms in total. The van der Waals surface area contributed by atoms with E-state index in [4.69, 9.17) is 5.73 Å². The molecule has 1 aliphatic heterocycles. The van der Waals surface area contributed by atoms with Gasteiger partial charge in [0.05, 0.1) is 6.04 Å². The van der Waals surface area contributed by atoms with E-state index in [9.17, 15) is 9.59 Å². The van der Waals surface area contributed by atoms with Crippen molar-refractivity contribution in [2.24, 2.45) is 5.73 Å². The van der Waals surface area contributed by atoms with Crippen LogP contribution in [-0.2, 0) is 16.1 Å². The minimum Gasteiger partial charge on any atom is -0.369 e. The Labute approximate surface area is 129 Å². The molecule has 0 saturated heterocycles. The molecular weight excluding hydrogens is 278 g/mol. The molecule has 22 heavy (non-hydrogen) atoms. The van der Waals surface area contributed by atoms with Crippen molar-refractivity contribution < 1.29 is 9.59 Å². The van der Waals surface area contributed by atoms with E-state index in [1.807, 2.05) is 43.5 Å². The van der Waals surface area contributed by atoms with E-state index < -0.39 is 5.91 Å². The van der Waals surface area contributed by atoms with Crippen molar-refractivity contribution in [3.63, 3.8) is 0 Å². The fourth-order valence-corrected chi connectivity index (χ4v) is 3.09. The van der Waals surface area contributed by atoms with Gasteiger partial charge in [-0.2, -0.15) is 0 Å². The van der Waals surface area contributed by atoms with Gasteiger partial charge >= 0.3 is 0 Å². The average Bonchev–Trinajstić information content (AvgIpc) is 2.93. The molecule has 1 aliphatic rings. The number of hydrogen-bond acceptors (Lipinski definition) is 2. The molecule has 0 radical (unpaired) electrons. The second-order valence-electron chi connectivity index (χ2n) is 5.67. The zero-order valence-corrected chi connectivity index (χ0v) is 12.5. The number of amides is 2. The van der Waals surface area contributed by atoms with Crippen LogP contribution in [0, 0.1) is 6.92 Å². The number of rotatable bonds is 3. The van der Waals surface area contributed by atoms with Gasteiger partial charge in [-0.3, -0.25) is 9.59 Å². The molecule has 5 heteroatoms. The van der Waals surface area contributed by atoms with E-state index in [-0.39, 0.29) is 18.4 Å². The summed E-state index contributed by atoms with van der Waals surface area (Å²) in [6.45, 7) is 3.34. The summed E-state index contributed by atoms with van der Waals surface area (Å²) >= 11 is 0. The fraction of sp³-hybridized carbons (Fsp3) is 0.294. The summed E-state index contributed by atoms with van der Waals surface area (Å²) in [5, 5.41) is 0. The Hall–Kier alpha value is -2.56. The largest absolute Gasteiger partial charge is 0.369 e. The third-order valence-corrected chi connectivity index (χ3v) is 4.04. The Morgan fingerprint density at radius 3 is 2.77 bits per heavy atom. The van der Waals surface area contributed by atoms with Gasteiger partial charge in [-0.05, 0) is 24.6 Å². The zero-order chi connectivity index (χ0) is 15.7. The second kappa shape index (κ2) is 5.67. The van der Waals surface area contributed by atoms with Gasteiger partial charge in [0.25, 0.3) is 0 Å².